The Morgan fingerprint density at radius 3 is 2.85 bits per heavy atom. The molecule has 144 valence electrons. The predicted octanol–water partition coefficient (Wildman–Crippen LogP) is 1.31. The first-order valence-corrected chi connectivity index (χ1v) is 10.4. The lowest BCUT2D eigenvalue weighted by Gasteiger charge is -2.16. The molecule has 1 saturated heterocycles. The van der Waals surface area contributed by atoms with E-state index in [1.165, 1.54) is 6.20 Å². The van der Waals surface area contributed by atoms with Crippen LogP contribution in [-0.2, 0) is 34.3 Å². The summed E-state index contributed by atoms with van der Waals surface area (Å²) in [6.45, 7) is 7.09. The second-order valence-corrected chi connectivity index (χ2v) is 8.65. The maximum atomic E-state index is 12.8. The molecule has 1 unspecified atom stereocenters. The monoisotopic (exact) mass is 381 g/mol. The lowest BCUT2D eigenvalue weighted by Crippen LogP contribution is -2.29. The normalized spacial score (nSPS) is 18.7. The molecular formula is C17H27N5O3S. The molecule has 0 bridgehead atoms. The minimum Gasteiger partial charge on any atom is -0.383 e. The largest absolute Gasteiger partial charge is 0.383 e. The summed E-state index contributed by atoms with van der Waals surface area (Å²) < 4.78 is 36.2. The van der Waals surface area contributed by atoms with Gasteiger partial charge in [0.15, 0.2) is 0 Å². The zero-order valence-corrected chi connectivity index (χ0v) is 16.4. The van der Waals surface area contributed by atoms with Gasteiger partial charge in [0, 0.05) is 57.8 Å². The van der Waals surface area contributed by atoms with Crippen molar-refractivity contribution in [1.82, 2.24) is 23.6 Å². The van der Waals surface area contributed by atoms with Crippen molar-refractivity contribution in [3.8, 4) is 0 Å². The predicted molar refractivity (Wildman–Crippen MR) is 97.3 cm³/mol. The topological polar surface area (TPSA) is 82.2 Å². The smallest absolute Gasteiger partial charge is 0.246 e. The van der Waals surface area contributed by atoms with Gasteiger partial charge in [0.25, 0.3) is 0 Å². The van der Waals surface area contributed by atoms with Gasteiger partial charge in [-0.05, 0) is 26.2 Å². The Hall–Kier alpha value is -1.71. The number of ether oxygens (including phenoxy) is 1. The standard InChI is InChI=1S/C17H27N5O3S/c1-4-20-13-16(11-19-20)26(23,24)21-6-5-15(12-21)9-17-18-10-14(2)22(17)7-8-25-3/h10-11,13,15H,4-9,12H2,1-3H3. The van der Waals surface area contributed by atoms with Crippen LogP contribution in [0.3, 0.4) is 0 Å². The van der Waals surface area contributed by atoms with Gasteiger partial charge >= 0.3 is 0 Å². The van der Waals surface area contributed by atoms with E-state index in [4.69, 9.17) is 4.74 Å². The van der Waals surface area contributed by atoms with Crippen LogP contribution in [0, 0.1) is 12.8 Å². The molecule has 1 aliphatic heterocycles. The van der Waals surface area contributed by atoms with Crippen LogP contribution in [0.1, 0.15) is 24.9 Å². The second kappa shape index (κ2) is 7.89. The highest BCUT2D eigenvalue weighted by Gasteiger charge is 2.34. The number of methoxy groups -OCH3 is 1. The van der Waals surface area contributed by atoms with Crippen molar-refractivity contribution < 1.29 is 13.2 Å². The Labute approximate surface area is 154 Å². The van der Waals surface area contributed by atoms with Gasteiger partial charge in [-0.2, -0.15) is 9.40 Å². The summed E-state index contributed by atoms with van der Waals surface area (Å²) in [5, 5.41) is 4.09. The van der Waals surface area contributed by atoms with Crippen LogP contribution in [0.5, 0.6) is 0 Å². The molecule has 9 heteroatoms. The quantitative estimate of drug-likeness (QED) is 0.688. The molecule has 0 aliphatic carbocycles. The van der Waals surface area contributed by atoms with E-state index in [0.717, 1.165) is 30.9 Å². The Balaban J connectivity index is 1.67. The third-order valence-electron chi connectivity index (χ3n) is 4.95. The van der Waals surface area contributed by atoms with Crippen LogP contribution < -0.4 is 0 Å². The molecule has 2 aromatic heterocycles. The molecule has 26 heavy (non-hydrogen) atoms. The van der Waals surface area contributed by atoms with Gasteiger partial charge < -0.3 is 9.30 Å². The molecule has 1 fully saturated rings. The zero-order chi connectivity index (χ0) is 18.7. The number of hydrogen-bond donors (Lipinski definition) is 0. The minimum absolute atomic E-state index is 0.272. The van der Waals surface area contributed by atoms with Crippen molar-refractivity contribution in [2.45, 2.75) is 44.7 Å². The average molecular weight is 382 g/mol. The number of sulfonamides is 1. The van der Waals surface area contributed by atoms with Gasteiger partial charge in [0.1, 0.15) is 10.7 Å². The molecule has 0 radical (unpaired) electrons. The van der Waals surface area contributed by atoms with E-state index in [-0.39, 0.29) is 10.8 Å². The van der Waals surface area contributed by atoms with E-state index in [1.54, 1.807) is 22.3 Å². The Morgan fingerprint density at radius 1 is 1.35 bits per heavy atom. The van der Waals surface area contributed by atoms with E-state index in [1.807, 2.05) is 20.0 Å². The summed E-state index contributed by atoms with van der Waals surface area (Å²) in [6.07, 6.45) is 6.53. The van der Waals surface area contributed by atoms with E-state index in [2.05, 4.69) is 14.6 Å². The first-order chi connectivity index (χ1) is 12.5. The number of nitrogens with zero attached hydrogens (tertiary/aromatic N) is 5. The molecule has 3 rings (SSSR count). The highest BCUT2D eigenvalue weighted by Crippen LogP contribution is 2.26. The van der Waals surface area contributed by atoms with Gasteiger partial charge in [0.2, 0.25) is 10.0 Å². The van der Waals surface area contributed by atoms with Crippen molar-refractivity contribution in [3.05, 3.63) is 30.1 Å². The number of aryl methyl sites for hydroxylation is 2. The molecule has 1 aliphatic rings. The SMILES string of the molecule is CCn1cc(S(=O)(=O)N2CCC(Cc3ncc(C)n3CCOC)C2)cn1. The van der Waals surface area contributed by atoms with Crippen LogP contribution in [-0.4, -0.2) is 58.9 Å². The van der Waals surface area contributed by atoms with E-state index >= 15 is 0 Å². The van der Waals surface area contributed by atoms with E-state index < -0.39 is 10.0 Å². The molecular weight excluding hydrogens is 354 g/mol. The summed E-state index contributed by atoms with van der Waals surface area (Å²) in [4.78, 5) is 4.79. The molecule has 0 amide bonds. The summed E-state index contributed by atoms with van der Waals surface area (Å²) >= 11 is 0. The minimum atomic E-state index is -3.47. The fourth-order valence-electron chi connectivity index (χ4n) is 3.40. The molecule has 8 nitrogen and oxygen atoms in total. The number of hydrogen-bond acceptors (Lipinski definition) is 5. The highest BCUT2D eigenvalue weighted by molar-refractivity contribution is 7.89. The number of imidazole rings is 1. The summed E-state index contributed by atoms with van der Waals surface area (Å²) in [6, 6.07) is 0. The number of rotatable bonds is 8. The van der Waals surface area contributed by atoms with Gasteiger partial charge in [-0.25, -0.2) is 13.4 Å². The molecule has 0 N–H and O–H groups in total. The Morgan fingerprint density at radius 2 is 2.15 bits per heavy atom. The second-order valence-electron chi connectivity index (χ2n) is 6.71. The third-order valence-corrected chi connectivity index (χ3v) is 6.77. The lowest BCUT2D eigenvalue weighted by molar-refractivity contribution is 0.185. The maximum Gasteiger partial charge on any atom is 0.246 e. The fourth-order valence-corrected chi connectivity index (χ4v) is 4.89. The van der Waals surface area contributed by atoms with Crippen molar-refractivity contribution in [2.75, 3.05) is 26.8 Å². The summed E-state index contributed by atoms with van der Waals surface area (Å²) in [7, 11) is -1.78. The molecule has 0 aromatic carbocycles. The van der Waals surface area contributed by atoms with Crippen LogP contribution in [0.2, 0.25) is 0 Å². The first-order valence-electron chi connectivity index (χ1n) is 8.98. The maximum absolute atomic E-state index is 12.8. The summed E-state index contributed by atoms with van der Waals surface area (Å²) in [5.41, 5.74) is 1.10. The molecule has 0 saturated carbocycles. The number of aromatic nitrogens is 4. The lowest BCUT2D eigenvalue weighted by atomic mass is 10.0. The van der Waals surface area contributed by atoms with Crippen molar-refractivity contribution in [2.24, 2.45) is 5.92 Å². The molecule has 1 atom stereocenters. The third kappa shape index (κ3) is 3.84. The van der Waals surface area contributed by atoms with Crippen LogP contribution in [0.4, 0.5) is 0 Å². The zero-order valence-electron chi connectivity index (χ0n) is 15.6. The van der Waals surface area contributed by atoms with Crippen molar-refractivity contribution >= 4 is 10.0 Å². The summed E-state index contributed by atoms with van der Waals surface area (Å²) in [5.74, 6) is 1.27. The van der Waals surface area contributed by atoms with Gasteiger partial charge in [0.05, 0.1) is 12.8 Å². The van der Waals surface area contributed by atoms with E-state index in [9.17, 15) is 8.42 Å². The highest BCUT2D eigenvalue weighted by atomic mass is 32.2. The van der Waals surface area contributed by atoms with Crippen LogP contribution in [0.25, 0.3) is 0 Å². The average Bonchev–Trinajstić information content (AvgIpc) is 3.35. The Kier molecular flexibility index (Phi) is 5.79. The molecule has 3 heterocycles. The van der Waals surface area contributed by atoms with Crippen molar-refractivity contribution in [3.63, 3.8) is 0 Å². The van der Waals surface area contributed by atoms with Gasteiger partial charge in [-0.1, -0.05) is 0 Å². The Bertz CT molecular complexity index is 842. The van der Waals surface area contributed by atoms with Crippen molar-refractivity contribution in [1.29, 1.82) is 0 Å². The molecule has 2 aromatic rings. The van der Waals surface area contributed by atoms with Gasteiger partial charge in [-0.15, -0.1) is 0 Å². The molecule has 0 spiro atoms. The van der Waals surface area contributed by atoms with Crippen LogP contribution >= 0.6 is 0 Å². The van der Waals surface area contributed by atoms with E-state index in [0.29, 0.717) is 26.2 Å². The fraction of sp³-hybridized carbons (Fsp3) is 0.647. The van der Waals surface area contributed by atoms with Gasteiger partial charge in [-0.3, -0.25) is 4.68 Å². The van der Waals surface area contributed by atoms with Crippen LogP contribution in [0.15, 0.2) is 23.5 Å². The first kappa shape index (κ1) is 19.1.